The summed E-state index contributed by atoms with van der Waals surface area (Å²) in [5, 5.41) is 0. The van der Waals surface area contributed by atoms with Crippen LogP contribution in [0.1, 0.15) is 70.4 Å². The van der Waals surface area contributed by atoms with Gasteiger partial charge in [-0.3, -0.25) is 0 Å². The Kier molecular flexibility index (Phi) is 5.88. The van der Waals surface area contributed by atoms with Gasteiger partial charge < -0.3 is 0 Å². The van der Waals surface area contributed by atoms with E-state index in [0.717, 1.165) is 11.8 Å². The lowest BCUT2D eigenvalue weighted by Gasteiger charge is -2.16. The highest BCUT2D eigenvalue weighted by Gasteiger charge is 2.15. The normalized spacial score (nSPS) is 17.1. The fourth-order valence-corrected chi connectivity index (χ4v) is 3.44. The highest BCUT2D eigenvalue weighted by atomic mass is 14.2. The summed E-state index contributed by atoms with van der Waals surface area (Å²) in [6.45, 7) is 6.93. The monoisotopic (exact) mass is 270 g/mol. The Morgan fingerprint density at radius 3 is 2.55 bits per heavy atom. The van der Waals surface area contributed by atoms with E-state index in [1.165, 1.54) is 50.5 Å². The lowest BCUT2D eigenvalue weighted by atomic mass is 9.89. The van der Waals surface area contributed by atoms with Crippen molar-refractivity contribution >= 4 is 5.57 Å². The lowest BCUT2D eigenvalue weighted by molar-refractivity contribution is 0.645. The predicted molar refractivity (Wildman–Crippen MR) is 89.8 cm³/mol. The Balaban J connectivity index is 2.28. The summed E-state index contributed by atoms with van der Waals surface area (Å²) < 4.78 is 0. The zero-order valence-corrected chi connectivity index (χ0v) is 13.5. The van der Waals surface area contributed by atoms with Gasteiger partial charge in [-0.2, -0.15) is 0 Å². The Morgan fingerprint density at radius 2 is 1.90 bits per heavy atom. The van der Waals surface area contributed by atoms with Gasteiger partial charge in [-0.25, -0.2) is 0 Å². The molecule has 0 radical (unpaired) electrons. The largest absolute Gasteiger partial charge is 0.0776 e. The van der Waals surface area contributed by atoms with Crippen LogP contribution < -0.4 is 0 Å². The van der Waals surface area contributed by atoms with Crippen LogP contribution in [0.2, 0.25) is 0 Å². The minimum atomic E-state index is 0.727. The fourth-order valence-electron chi connectivity index (χ4n) is 3.44. The molecule has 0 heteroatoms. The fraction of sp³-hybridized carbons (Fsp3) is 0.600. The van der Waals surface area contributed by atoms with E-state index in [0.29, 0.717) is 0 Å². The Hall–Kier alpha value is -1.04. The van der Waals surface area contributed by atoms with Crippen molar-refractivity contribution in [2.24, 2.45) is 11.8 Å². The highest BCUT2D eigenvalue weighted by molar-refractivity contribution is 5.68. The van der Waals surface area contributed by atoms with Gasteiger partial charge in [0.15, 0.2) is 0 Å². The summed E-state index contributed by atoms with van der Waals surface area (Å²) in [6, 6.07) is 9.07. The van der Waals surface area contributed by atoms with Gasteiger partial charge in [-0.05, 0) is 54.2 Å². The summed E-state index contributed by atoms with van der Waals surface area (Å²) >= 11 is 0. The highest BCUT2D eigenvalue weighted by Crippen LogP contribution is 2.32. The molecule has 0 aliphatic heterocycles. The molecule has 0 saturated heterocycles. The van der Waals surface area contributed by atoms with Gasteiger partial charge in [0.1, 0.15) is 0 Å². The molecule has 1 aliphatic rings. The minimum Gasteiger partial charge on any atom is -0.0776 e. The zero-order chi connectivity index (χ0) is 14.4. The summed E-state index contributed by atoms with van der Waals surface area (Å²) in [5.74, 6) is 1.56. The molecule has 0 spiro atoms. The van der Waals surface area contributed by atoms with Crippen molar-refractivity contribution in [3.63, 3.8) is 0 Å². The second-order valence-corrected chi connectivity index (χ2v) is 6.74. The molecule has 0 amide bonds. The number of hydrogen-bond acceptors (Lipinski definition) is 0. The van der Waals surface area contributed by atoms with Crippen LogP contribution >= 0.6 is 0 Å². The van der Waals surface area contributed by atoms with Crippen LogP contribution in [0.4, 0.5) is 0 Å². The topological polar surface area (TPSA) is 0 Å². The molecule has 1 saturated carbocycles. The van der Waals surface area contributed by atoms with Crippen molar-refractivity contribution < 1.29 is 0 Å². The average molecular weight is 270 g/mol. The van der Waals surface area contributed by atoms with Crippen LogP contribution in [-0.2, 0) is 6.42 Å². The molecule has 0 bridgehead atoms. The van der Waals surface area contributed by atoms with Gasteiger partial charge in [0, 0.05) is 0 Å². The SMILES string of the molecule is CCC/C(=C\C1CCCC1)c1ccccc1CC(C)C. The molecular weight excluding hydrogens is 240 g/mol. The van der Waals surface area contributed by atoms with E-state index in [1.54, 1.807) is 11.1 Å². The van der Waals surface area contributed by atoms with Crippen LogP contribution in [-0.4, -0.2) is 0 Å². The van der Waals surface area contributed by atoms with E-state index in [2.05, 4.69) is 51.1 Å². The van der Waals surface area contributed by atoms with Gasteiger partial charge in [-0.1, -0.05) is 70.4 Å². The standard InChI is InChI=1S/C20H30/c1-4-9-18(15-17-10-5-6-11-17)20-13-8-7-12-19(20)14-16(2)3/h7-8,12-13,15-17H,4-6,9-11,14H2,1-3H3/b18-15+. The van der Waals surface area contributed by atoms with E-state index in [9.17, 15) is 0 Å². The van der Waals surface area contributed by atoms with Crippen molar-refractivity contribution in [1.29, 1.82) is 0 Å². The van der Waals surface area contributed by atoms with Gasteiger partial charge >= 0.3 is 0 Å². The van der Waals surface area contributed by atoms with Gasteiger partial charge in [0.05, 0.1) is 0 Å². The number of rotatable bonds is 6. The zero-order valence-electron chi connectivity index (χ0n) is 13.5. The molecule has 1 aromatic carbocycles. The first-order chi connectivity index (χ1) is 9.70. The summed E-state index contributed by atoms with van der Waals surface area (Å²) in [7, 11) is 0. The minimum absolute atomic E-state index is 0.727. The van der Waals surface area contributed by atoms with E-state index < -0.39 is 0 Å². The van der Waals surface area contributed by atoms with Crippen LogP contribution in [0.3, 0.4) is 0 Å². The number of benzene rings is 1. The third-order valence-electron chi connectivity index (χ3n) is 4.35. The van der Waals surface area contributed by atoms with E-state index >= 15 is 0 Å². The molecule has 0 N–H and O–H groups in total. The quantitative estimate of drug-likeness (QED) is 0.572. The second-order valence-electron chi connectivity index (χ2n) is 6.74. The maximum absolute atomic E-state index is 2.61. The van der Waals surface area contributed by atoms with Crippen molar-refractivity contribution in [2.75, 3.05) is 0 Å². The van der Waals surface area contributed by atoms with E-state index in [4.69, 9.17) is 0 Å². The molecule has 0 atom stereocenters. The third kappa shape index (κ3) is 4.23. The predicted octanol–water partition coefficient (Wildman–Crippen LogP) is 6.26. The first kappa shape index (κ1) is 15.4. The van der Waals surface area contributed by atoms with Gasteiger partial charge in [0.2, 0.25) is 0 Å². The van der Waals surface area contributed by atoms with Crippen molar-refractivity contribution in [2.45, 2.75) is 65.7 Å². The third-order valence-corrected chi connectivity index (χ3v) is 4.35. The average Bonchev–Trinajstić information content (AvgIpc) is 2.91. The van der Waals surface area contributed by atoms with Crippen molar-refractivity contribution in [1.82, 2.24) is 0 Å². The van der Waals surface area contributed by atoms with E-state index in [1.807, 2.05) is 0 Å². The number of allylic oxidation sites excluding steroid dienone is 2. The number of hydrogen-bond donors (Lipinski definition) is 0. The summed E-state index contributed by atoms with van der Waals surface area (Å²) in [5.41, 5.74) is 4.67. The molecule has 0 unspecified atom stereocenters. The Morgan fingerprint density at radius 1 is 1.20 bits per heavy atom. The molecular formula is C20H30. The molecule has 0 aromatic heterocycles. The molecule has 1 fully saturated rings. The first-order valence-corrected chi connectivity index (χ1v) is 8.49. The lowest BCUT2D eigenvalue weighted by Crippen LogP contribution is -2.00. The maximum atomic E-state index is 2.61. The maximum Gasteiger partial charge on any atom is -0.0195 e. The van der Waals surface area contributed by atoms with Gasteiger partial charge in [-0.15, -0.1) is 0 Å². The molecule has 1 aliphatic carbocycles. The smallest absolute Gasteiger partial charge is 0.0195 e. The molecule has 1 aromatic rings. The second kappa shape index (κ2) is 7.67. The Bertz CT molecular complexity index is 433. The van der Waals surface area contributed by atoms with Gasteiger partial charge in [0.25, 0.3) is 0 Å². The summed E-state index contributed by atoms with van der Waals surface area (Å²) in [6.07, 6.45) is 11.9. The molecule has 2 rings (SSSR count). The first-order valence-electron chi connectivity index (χ1n) is 8.49. The van der Waals surface area contributed by atoms with Crippen LogP contribution in [0.15, 0.2) is 30.3 Å². The van der Waals surface area contributed by atoms with E-state index in [-0.39, 0.29) is 0 Å². The molecule has 20 heavy (non-hydrogen) atoms. The Labute approximate surface area is 125 Å². The van der Waals surface area contributed by atoms with Crippen LogP contribution in [0.25, 0.3) is 5.57 Å². The van der Waals surface area contributed by atoms with Crippen LogP contribution in [0.5, 0.6) is 0 Å². The summed E-state index contributed by atoms with van der Waals surface area (Å²) in [4.78, 5) is 0. The van der Waals surface area contributed by atoms with Crippen molar-refractivity contribution in [3.8, 4) is 0 Å². The molecule has 110 valence electrons. The molecule has 0 nitrogen and oxygen atoms in total. The van der Waals surface area contributed by atoms with Crippen LogP contribution in [0, 0.1) is 11.8 Å². The van der Waals surface area contributed by atoms with Crippen molar-refractivity contribution in [3.05, 3.63) is 41.5 Å². The molecule has 0 heterocycles.